The van der Waals surface area contributed by atoms with Crippen LogP contribution in [0.2, 0.25) is 0 Å². The molecule has 148 valence electrons. The SMILES string of the molecule is CCCNCCC1CCC2C3CCC4CC(=O)CCC4(C)C3CCC12C. The lowest BCUT2D eigenvalue weighted by Crippen LogP contribution is -2.53. The van der Waals surface area contributed by atoms with Crippen LogP contribution in [0, 0.1) is 40.4 Å². The summed E-state index contributed by atoms with van der Waals surface area (Å²) < 4.78 is 0. The number of nitrogens with one attached hydrogen (secondary N) is 1. The van der Waals surface area contributed by atoms with E-state index in [1.54, 1.807) is 0 Å². The van der Waals surface area contributed by atoms with Gasteiger partial charge in [0.15, 0.2) is 0 Å². The number of ketones is 1. The van der Waals surface area contributed by atoms with Crippen LogP contribution in [0.15, 0.2) is 0 Å². The van der Waals surface area contributed by atoms with Gasteiger partial charge in [-0.05, 0) is 111 Å². The van der Waals surface area contributed by atoms with E-state index >= 15 is 0 Å². The zero-order valence-electron chi connectivity index (χ0n) is 17.5. The molecule has 7 unspecified atom stereocenters. The molecule has 4 aliphatic carbocycles. The van der Waals surface area contributed by atoms with Crippen molar-refractivity contribution in [3.8, 4) is 0 Å². The smallest absolute Gasteiger partial charge is 0.133 e. The van der Waals surface area contributed by atoms with Crippen molar-refractivity contribution in [2.75, 3.05) is 13.1 Å². The molecule has 4 saturated carbocycles. The lowest BCUT2D eigenvalue weighted by molar-refractivity contribution is -0.139. The molecule has 4 rings (SSSR count). The van der Waals surface area contributed by atoms with Gasteiger partial charge < -0.3 is 5.32 Å². The van der Waals surface area contributed by atoms with Crippen LogP contribution in [-0.2, 0) is 4.79 Å². The summed E-state index contributed by atoms with van der Waals surface area (Å²) in [5.41, 5.74) is 1.07. The van der Waals surface area contributed by atoms with Crippen LogP contribution >= 0.6 is 0 Å². The van der Waals surface area contributed by atoms with Gasteiger partial charge >= 0.3 is 0 Å². The van der Waals surface area contributed by atoms with Crippen molar-refractivity contribution in [3.05, 3.63) is 0 Å². The fourth-order valence-corrected chi connectivity index (χ4v) is 8.21. The molecule has 0 aromatic heterocycles. The monoisotopic (exact) mass is 359 g/mol. The average Bonchev–Trinajstić information content (AvgIpc) is 2.96. The number of fused-ring (bicyclic) bond motifs is 5. The standard InChI is InChI=1S/C24H41NO/c1-4-14-25-15-11-17-6-8-21-20-7-5-18-16-19(26)9-12-24(18,3)22(20)10-13-23(17,21)2/h17-18,20-22,25H,4-16H2,1-3H3. The minimum Gasteiger partial charge on any atom is -0.317 e. The number of Topliss-reactive ketones (excluding diaryl/α,β-unsaturated/α-hetero) is 1. The summed E-state index contributed by atoms with van der Waals surface area (Å²) in [6, 6.07) is 0. The van der Waals surface area contributed by atoms with Crippen LogP contribution in [0.25, 0.3) is 0 Å². The molecule has 0 aromatic carbocycles. The molecular formula is C24H41NO. The van der Waals surface area contributed by atoms with E-state index in [4.69, 9.17) is 0 Å². The molecule has 0 aromatic rings. The molecule has 2 heteroatoms. The third kappa shape index (κ3) is 2.99. The summed E-state index contributed by atoms with van der Waals surface area (Å²) in [6.45, 7) is 9.89. The van der Waals surface area contributed by atoms with Gasteiger partial charge in [-0.1, -0.05) is 20.8 Å². The molecule has 0 amide bonds. The van der Waals surface area contributed by atoms with E-state index in [1.807, 2.05) is 0 Å². The zero-order chi connectivity index (χ0) is 18.4. The van der Waals surface area contributed by atoms with E-state index in [9.17, 15) is 4.79 Å². The van der Waals surface area contributed by atoms with Crippen LogP contribution in [0.3, 0.4) is 0 Å². The Morgan fingerprint density at radius 1 is 0.962 bits per heavy atom. The Balaban J connectivity index is 1.46. The summed E-state index contributed by atoms with van der Waals surface area (Å²) in [5, 5.41) is 3.65. The average molecular weight is 360 g/mol. The Morgan fingerprint density at radius 2 is 1.77 bits per heavy atom. The van der Waals surface area contributed by atoms with Gasteiger partial charge in [0, 0.05) is 12.8 Å². The van der Waals surface area contributed by atoms with Gasteiger partial charge in [0.1, 0.15) is 5.78 Å². The topological polar surface area (TPSA) is 29.1 Å². The normalized spacial score (nSPS) is 48.0. The lowest BCUT2D eigenvalue weighted by atomic mass is 9.44. The third-order valence-corrected chi connectivity index (χ3v) is 9.77. The Hall–Kier alpha value is -0.370. The number of hydrogen-bond donors (Lipinski definition) is 1. The molecule has 2 nitrogen and oxygen atoms in total. The van der Waals surface area contributed by atoms with Crippen molar-refractivity contribution in [1.82, 2.24) is 5.32 Å². The first kappa shape index (κ1) is 19.0. The highest BCUT2D eigenvalue weighted by Gasteiger charge is 2.59. The first-order chi connectivity index (χ1) is 12.5. The second-order valence-electron chi connectivity index (χ2n) is 10.8. The minimum atomic E-state index is 0.471. The molecule has 0 bridgehead atoms. The van der Waals surface area contributed by atoms with Crippen LogP contribution in [0.4, 0.5) is 0 Å². The van der Waals surface area contributed by atoms with Crippen LogP contribution in [0.1, 0.15) is 91.4 Å². The maximum atomic E-state index is 12.0. The van der Waals surface area contributed by atoms with Gasteiger partial charge in [-0.3, -0.25) is 4.79 Å². The van der Waals surface area contributed by atoms with Crippen molar-refractivity contribution >= 4 is 5.78 Å². The zero-order valence-corrected chi connectivity index (χ0v) is 17.5. The number of carbonyl (C=O) groups excluding carboxylic acids is 1. The lowest BCUT2D eigenvalue weighted by Gasteiger charge is -2.60. The van der Waals surface area contributed by atoms with Gasteiger partial charge in [-0.25, -0.2) is 0 Å². The van der Waals surface area contributed by atoms with E-state index in [0.29, 0.717) is 22.5 Å². The van der Waals surface area contributed by atoms with Crippen LogP contribution < -0.4 is 5.32 Å². The van der Waals surface area contributed by atoms with Gasteiger partial charge in [0.2, 0.25) is 0 Å². The highest BCUT2D eigenvalue weighted by Crippen LogP contribution is 2.67. The first-order valence-electron chi connectivity index (χ1n) is 11.7. The molecular weight excluding hydrogens is 318 g/mol. The molecule has 0 saturated heterocycles. The van der Waals surface area contributed by atoms with Crippen molar-refractivity contribution < 1.29 is 4.79 Å². The van der Waals surface area contributed by atoms with Gasteiger partial charge in [0.25, 0.3) is 0 Å². The van der Waals surface area contributed by atoms with E-state index in [-0.39, 0.29) is 0 Å². The maximum absolute atomic E-state index is 12.0. The van der Waals surface area contributed by atoms with E-state index < -0.39 is 0 Å². The van der Waals surface area contributed by atoms with Crippen molar-refractivity contribution in [2.45, 2.75) is 91.4 Å². The molecule has 7 atom stereocenters. The van der Waals surface area contributed by atoms with Gasteiger partial charge in [0.05, 0.1) is 0 Å². The first-order valence-corrected chi connectivity index (χ1v) is 11.7. The second-order valence-corrected chi connectivity index (χ2v) is 10.8. The highest BCUT2D eigenvalue weighted by molar-refractivity contribution is 5.79. The highest BCUT2D eigenvalue weighted by atomic mass is 16.1. The van der Waals surface area contributed by atoms with Crippen molar-refractivity contribution in [1.29, 1.82) is 0 Å². The Bertz CT molecular complexity index is 530. The molecule has 26 heavy (non-hydrogen) atoms. The van der Waals surface area contributed by atoms with Crippen molar-refractivity contribution in [3.63, 3.8) is 0 Å². The van der Waals surface area contributed by atoms with E-state index in [1.165, 1.54) is 70.9 Å². The Morgan fingerprint density at radius 3 is 2.58 bits per heavy atom. The summed E-state index contributed by atoms with van der Waals surface area (Å²) in [4.78, 5) is 12.0. The summed E-state index contributed by atoms with van der Waals surface area (Å²) in [5.74, 6) is 5.02. The molecule has 0 spiro atoms. The predicted octanol–water partition coefficient (Wildman–Crippen LogP) is 5.60. The predicted molar refractivity (Wildman–Crippen MR) is 108 cm³/mol. The quantitative estimate of drug-likeness (QED) is 0.647. The fourth-order valence-electron chi connectivity index (χ4n) is 8.21. The summed E-state index contributed by atoms with van der Waals surface area (Å²) in [6.07, 6.45) is 14.2. The number of rotatable bonds is 5. The van der Waals surface area contributed by atoms with E-state index in [0.717, 1.165) is 36.5 Å². The fraction of sp³-hybridized carbons (Fsp3) is 0.958. The van der Waals surface area contributed by atoms with Crippen LogP contribution in [-0.4, -0.2) is 18.9 Å². The number of carbonyl (C=O) groups is 1. The maximum Gasteiger partial charge on any atom is 0.133 e. The molecule has 1 N–H and O–H groups in total. The minimum absolute atomic E-state index is 0.471. The largest absolute Gasteiger partial charge is 0.317 e. The molecule has 0 heterocycles. The number of hydrogen-bond acceptors (Lipinski definition) is 2. The molecule has 4 fully saturated rings. The molecule has 0 radical (unpaired) electrons. The van der Waals surface area contributed by atoms with Gasteiger partial charge in [-0.15, -0.1) is 0 Å². The van der Waals surface area contributed by atoms with E-state index in [2.05, 4.69) is 26.1 Å². The summed E-state index contributed by atoms with van der Waals surface area (Å²) in [7, 11) is 0. The Kier molecular flexibility index (Phi) is 5.27. The Labute approximate surface area is 161 Å². The molecule has 0 aliphatic heterocycles. The van der Waals surface area contributed by atoms with Gasteiger partial charge in [-0.2, -0.15) is 0 Å². The summed E-state index contributed by atoms with van der Waals surface area (Å²) >= 11 is 0. The third-order valence-electron chi connectivity index (χ3n) is 9.77. The van der Waals surface area contributed by atoms with Crippen LogP contribution in [0.5, 0.6) is 0 Å². The molecule has 4 aliphatic rings. The van der Waals surface area contributed by atoms with Crippen molar-refractivity contribution in [2.24, 2.45) is 40.4 Å². The second kappa shape index (κ2) is 7.22.